The number of urea groups is 1. The lowest BCUT2D eigenvalue weighted by molar-refractivity contribution is -0.132. The van der Waals surface area contributed by atoms with Crippen LogP contribution in [-0.2, 0) is 10.3 Å². The third-order valence-corrected chi connectivity index (χ3v) is 5.47. The number of amides is 3. The summed E-state index contributed by atoms with van der Waals surface area (Å²) in [5.41, 5.74) is -0.524. The van der Waals surface area contributed by atoms with Gasteiger partial charge in [-0.25, -0.2) is 4.79 Å². The van der Waals surface area contributed by atoms with E-state index in [0.717, 1.165) is 4.90 Å². The van der Waals surface area contributed by atoms with E-state index in [1.165, 1.54) is 0 Å². The summed E-state index contributed by atoms with van der Waals surface area (Å²) >= 11 is 0. The smallest absolute Gasteiger partial charge is 0.325 e. The first kappa shape index (κ1) is 20.8. The third kappa shape index (κ3) is 3.84. The Hall–Kier alpha value is -3.46. The summed E-state index contributed by atoms with van der Waals surface area (Å²) in [7, 11) is 1.56. The minimum Gasteiger partial charge on any atom is -0.497 e. The lowest BCUT2D eigenvalue weighted by Crippen LogP contribution is -2.44. The molecule has 2 aliphatic rings. The van der Waals surface area contributed by atoms with Crippen molar-refractivity contribution in [1.82, 2.24) is 10.2 Å². The number of β-amino-alcohol motifs (C(OH)–C–C–N with tert-alkyl or cyclic N) is 1. The summed E-state index contributed by atoms with van der Waals surface area (Å²) < 4.78 is 21.3. The van der Waals surface area contributed by atoms with Gasteiger partial charge in [-0.15, -0.1) is 0 Å². The van der Waals surface area contributed by atoms with Crippen LogP contribution in [0.4, 0.5) is 4.79 Å². The van der Waals surface area contributed by atoms with Crippen molar-refractivity contribution in [3.63, 3.8) is 0 Å². The molecule has 0 aromatic heterocycles. The van der Waals surface area contributed by atoms with Crippen LogP contribution in [0, 0.1) is 0 Å². The number of carbonyl (C=O) groups is 2. The molecular formula is C22H24N2O7. The predicted octanol–water partition coefficient (Wildman–Crippen LogP) is 2.02. The number of hydrogen-bond acceptors (Lipinski definition) is 7. The Bertz CT molecular complexity index is 978. The van der Waals surface area contributed by atoms with E-state index in [4.69, 9.17) is 18.9 Å². The number of hydrogen-bond donors (Lipinski definition) is 2. The zero-order chi connectivity index (χ0) is 22.0. The molecule has 0 bridgehead atoms. The molecule has 9 nitrogen and oxygen atoms in total. The molecule has 0 saturated carbocycles. The Morgan fingerprint density at radius 1 is 1.13 bits per heavy atom. The van der Waals surface area contributed by atoms with Crippen LogP contribution in [0.15, 0.2) is 42.5 Å². The number of aliphatic hydroxyl groups excluding tert-OH is 1. The molecule has 2 heterocycles. The Kier molecular flexibility index (Phi) is 5.60. The topological polar surface area (TPSA) is 107 Å². The largest absolute Gasteiger partial charge is 0.497 e. The molecule has 2 aliphatic heterocycles. The number of rotatable bonds is 8. The zero-order valence-electron chi connectivity index (χ0n) is 17.3. The molecule has 3 amide bonds. The number of nitrogens with one attached hydrogen (secondary N) is 1. The van der Waals surface area contributed by atoms with E-state index in [1.807, 2.05) is 6.92 Å². The van der Waals surface area contributed by atoms with Crippen molar-refractivity contribution in [2.75, 3.05) is 27.1 Å². The summed E-state index contributed by atoms with van der Waals surface area (Å²) in [4.78, 5) is 26.8. The van der Waals surface area contributed by atoms with E-state index in [1.54, 1.807) is 49.6 Å². The molecular weight excluding hydrogens is 404 g/mol. The van der Waals surface area contributed by atoms with Gasteiger partial charge in [0, 0.05) is 6.07 Å². The van der Waals surface area contributed by atoms with Crippen LogP contribution < -0.4 is 24.3 Å². The SMILES string of the molecule is CCC1(c2ccc(OC)cc2)NC(=O)N(CC(O)COc2ccc3c(c2)OCO3)C1=O. The molecule has 2 N–H and O–H groups in total. The quantitative estimate of drug-likeness (QED) is 0.620. The Balaban J connectivity index is 1.42. The number of carbonyl (C=O) groups excluding carboxylic acids is 2. The summed E-state index contributed by atoms with van der Waals surface area (Å²) in [5.74, 6) is 1.92. The average Bonchev–Trinajstić information content (AvgIpc) is 3.35. The maximum Gasteiger partial charge on any atom is 0.325 e. The van der Waals surface area contributed by atoms with E-state index in [-0.39, 0.29) is 19.9 Å². The maximum atomic E-state index is 13.2. The van der Waals surface area contributed by atoms with Gasteiger partial charge in [0.2, 0.25) is 6.79 Å². The van der Waals surface area contributed by atoms with Crippen LogP contribution in [0.25, 0.3) is 0 Å². The predicted molar refractivity (Wildman–Crippen MR) is 109 cm³/mol. The van der Waals surface area contributed by atoms with Gasteiger partial charge in [0.25, 0.3) is 5.91 Å². The molecule has 0 aliphatic carbocycles. The average molecular weight is 428 g/mol. The fourth-order valence-corrected chi connectivity index (χ4v) is 3.73. The van der Waals surface area contributed by atoms with E-state index in [9.17, 15) is 14.7 Å². The molecule has 1 fully saturated rings. The van der Waals surface area contributed by atoms with Gasteiger partial charge >= 0.3 is 6.03 Å². The van der Waals surface area contributed by atoms with Gasteiger partial charge in [-0.2, -0.15) is 0 Å². The lowest BCUT2D eigenvalue weighted by atomic mass is 9.87. The molecule has 0 radical (unpaired) electrons. The van der Waals surface area contributed by atoms with E-state index < -0.39 is 23.6 Å². The van der Waals surface area contributed by atoms with Gasteiger partial charge < -0.3 is 29.4 Å². The van der Waals surface area contributed by atoms with Gasteiger partial charge in [-0.1, -0.05) is 19.1 Å². The molecule has 2 aromatic carbocycles. The molecule has 2 aromatic rings. The van der Waals surface area contributed by atoms with Crippen molar-refractivity contribution in [3.05, 3.63) is 48.0 Å². The highest BCUT2D eigenvalue weighted by atomic mass is 16.7. The van der Waals surface area contributed by atoms with E-state index >= 15 is 0 Å². The van der Waals surface area contributed by atoms with Crippen molar-refractivity contribution in [2.45, 2.75) is 25.0 Å². The molecule has 9 heteroatoms. The van der Waals surface area contributed by atoms with Crippen LogP contribution in [0.5, 0.6) is 23.0 Å². The normalized spacial score (nSPS) is 20.5. The van der Waals surface area contributed by atoms with Crippen molar-refractivity contribution < 1.29 is 33.6 Å². The Morgan fingerprint density at radius 2 is 1.84 bits per heavy atom. The van der Waals surface area contributed by atoms with E-state index in [0.29, 0.717) is 35.0 Å². The molecule has 0 spiro atoms. The fourth-order valence-electron chi connectivity index (χ4n) is 3.73. The molecule has 4 rings (SSSR count). The van der Waals surface area contributed by atoms with Gasteiger partial charge in [-0.05, 0) is 36.2 Å². The van der Waals surface area contributed by atoms with Crippen LogP contribution >= 0.6 is 0 Å². The van der Waals surface area contributed by atoms with Gasteiger partial charge in [0.05, 0.1) is 13.7 Å². The fraction of sp³-hybridized carbons (Fsp3) is 0.364. The van der Waals surface area contributed by atoms with Crippen LogP contribution in [0.2, 0.25) is 0 Å². The second-order valence-corrected chi connectivity index (χ2v) is 7.31. The summed E-state index contributed by atoms with van der Waals surface area (Å²) in [6.07, 6.45) is -0.701. The first-order valence-corrected chi connectivity index (χ1v) is 9.96. The summed E-state index contributed by atoms with van der Waals surface area (Å²) in [6, 6.07) is 11.5. The lowest BCUT2D eigenvalue weighted by Gasteiger charge is -2.26. The zero-order valence-corrected chi connectivity index (χ0v) is 17.3. The first-order chi connectivity index (χ1) is 15.0. The first-order valence-electron chi connectivity index (χ1n) is 9.96. The minimum absolute atomic E-state index is 0.0988. The van der Waals surface area contributed by atoms with Crippen molar-refractivity contribution in [3.8, 4) is 23.0 Å². The molecule has 2 atom stereocenters. The Labute approximate surface area is 179 Å². The highest BCUT2D eigenvalue weighted by Gasteiger charge is 2.51. The monoisotopic (exact) mass is 428 g/mol. The van der Waals surface area contributed by atoms with Crippen LogP contribution in [0.1, 0.15) is 18.9 Å². The van der Waals surface area contributed by atoms with E-state index in [2.05, 4.69) is 5.32 Å². The van der Waals surface area contributed by atoms with Crippen LogP contribution in [0.3, 0.4) is 0 Å². The highest BCUT2D eigenvalue weighted by Crippen LogP contribution is 2.35. The van der Waals surface area contributed by atoms with Crippen molar-refractivity contribution >= 4 is 11.9 Å². The highest BCUT2D eigenvalue weighted by molar-refractivity contribution is 6.07. The molecule has 1 saturated heterocycles. The number of methoxy groups -OCH3 is 1. The summed E-state index contributed by atoms with van der Waals surface area (Å²) in [6.45, 7) is 1.69. The maximum absolute atomic E-state index is 13.2. The number of benzene rings is 2. The second kappa shape index (κ2) is 8.35. The van der Waals surface area contributed by atoms with Gasteiger partial charge in [0.1, 0.15) is 29.7 Å². The molecule has 31 heavy (non-hydrogen) atoms. The van der Waals surface area contributed by atoms with Crippen LogP contribution in [-0.4, -0.2) is 55.1 Å². The summed E-state index contributed by atoms with van der Waals surface area (Å²) in [5, 5.41) is 13.2. The number of imide groups is 1. The standard InChI is InChI=1S/C22H24N2O7/c1-3-22(14-4-6-16(28-2)7-5-14)20(26)24(21(27)23-22)11-15(25)12-29-17-8-9-18-19(10-17)31-13-30-18/h4-10,15,25H,3,11-13H2,1-2H3,(H,23,27). The van der Waals surface area contributed by atoms with Gasteiger partial charge in [0.15, 0.2) is 11.5 Å². The second-order valence-electron chi connectivity index (χ2n) is 7.31. The number of aliphatic hydroxyl groups is 1. The molecule has 164 valence electrons. The number of fused-ring (bicyclic) bond motifs is 1. The Morgan fingerprint density at radius 3 is 2.55 bits per heavy atom. The number of ether oxygens (including phenoxy) is 4. The van der Waals surface area contributed by atoms with Crippen molar-refractivity contribution in [1.29, 1.82) is 0 Å². The molecule has 2 unspecified atom stereocenters. The number of nitrogens with zero attached hydrogens (tertiary/aromatic N) is 1. The van der Waals surface area contributed by atoms with Crippen molar-refractivity contribution in [2.24, 2.45) is 0 Å². The third-order valence-electron chi connectivity index (χ3n) is 5.47. The van der Waals surface area contributed by atoms with Gasteiger partial charge in [-0.3, -0.25) is 9.69 Å². The minimum atomic E-state index is -1.18.